The predicted octanol–water partition coefficient (Wildman–Crippen LogP) is 2.02. The minimum atomic E-state index is -0.121. The van der Waals surface area contributed by atoms with Gasteiger partial charge in [-0.1, -0.05) is 48.5 Å². The van der Waals surface area contributed by atoms with E-state index < -0.39 is 0 Å². The van der Waals surface area contributed by atoms with Crippen molar-refractivity contribution < 1.29 is 9.53 Å². The number of amides is 1. The third kappa shape index (κ3) is 3.42. The fourth-order valence-electron chi connectivity index (χ4n) is 3.06. The molecule has 2 aromatic carbocycles. The van der Waals surface area contributed by atoms with Gasteiger partial charge in [-0.2, -0.15) is 4.80 Å². The van der Waals surface area contributed by atoms with Gasteiger partial charge < -0.3 is 10.1 Å². The molecule has 1 saturated carbocycles. The number of methoxy groups -OCH3 is 1. The van der Waals surface area contributed by atoms with Gasteiger partial charge in [0.2, 0.25) is 11.7 Å². The van der Waals surface area contributed by atoms with Gasteiger partial charge in [-0.15, -0.1) is 10.2 Å². The quantitative estimate of drug-likeness (QED) is 0.736. The van der Waals surface area contributed by atoms with Gasteiger partial charge >= 0.3 is 0 Å². The smallest absolute Gasteiger partial charge is 0.243 e. The summed E-state index contributed by atoms with van der Waals surface area (Å²) in [5.74, 6) is 1.54. The van der Waals surface area contributed by atoms with Gasteiger partial charge in [-0.05, 0) is 23.3 Å². The third-order valence-electron chi connectivity index (χ3n) is 4.45. The summed E-state index contributed by atoms with van der Waals surface area (Å²) in [7, 11) is 1.66. The molecule has 0 aliphatic heterocycles. The first-order valence-electron chi connectivity index (χ1n) is 8.50. The van der Waals surface area contributed by atoms with Gasteiger partial charge in [0.05, 0.1) is 7.11 Å². The minimum Gasteiger partial charge on any atom is -0.496 e. The Morgan fingerprint density at radius 3 is 2.77 bits per heavy atom. The van der Waals surface area contributed by atoms with Crippen molar-refractivity contribution in [2.24, 2.45) is 0 Å². The fraction of sp³-hybridized carbons (Fsp3) is 0.263. The van der Waals surface area contributed by atoms with Crippen LogP contribution in [-0.4, -0.2) is 39.3 Å². The van der Waals surface area contributed by atoms with Crippen LogP contribution in [0.2, 0.25) is 0 Å². The van der Waals surface area contributed by atoms with E-state index in [-0.39, 0.29) is 18.5 Å². The number of hydrogen-bond donors (Lipinski definition) is 1. The predicted molar refractivity (Wildman–Crippen MR) is 95.5 cm³/mol. The number of hydrogen-bond acceptors (Lipinski definition) is 5. The third-order valence-corrected chi connectivity index (χ3v) is 4.45. The Bertz CT molecular complexity index is 909. The number of benzene rings is 2. The average Bonchev–Trinajstić information content (AvgIpc) is 3.27. The van der Waals surface area contributed by atoms with Crippen LogP contribution in [0.5, 0.6) is 5.75 Å². The molecule has 1 heterocycles. The van der Waals surface area contributed by atoms with E-state index in [1.165, 1.54) is 4.80 Å². The van der Waals surface area contributed by atoms with Crippen LogP contribution < -0.4 is 10.1 Å². The normalized spacial score (nSPS) is 18.3. The Kier molecular flexibility index (Phi) is 4.35. The first kappa shape index (κ1) is 16.3. The Morgan fingerprint density at radius 1 is 1.19 bits per heavy atom. The highest BCUT2D eigenvalue weighted by atomic mass is 16.5. The molecule has 4 rings (SSSR count). The number of carbonyl (C=O) groups is 1. The molecule has 0 saturated heterocycles. The topological polar surface area (TPSA) is 81.9 Å². The largest absolute Gasteiger partial charge is 0.496 e. The zero-order valence-electron chi connectivity index (χ0n) is 14.4. The van der Waals surface area contributed by atoms with Crippen molar-refractivity contribution >= 4 is 5.91 Å². The van der Waals surface area contributed by atoms with Gasteiger partial charge in [0.25, 0.3) is 0 Å². The Morgan fingerprint density at radius 2 is 1.96 bits per heavy atom. The van der Waals surface area contributed by atoms with Crippen LogP contribution in [0.4, 0.5) is 0 Å². The van der Waals surface area contributed by atoms with Crippen molar-refractivity contribution in [1.29, 1.82) is 0 Å². The van der Waals surface area contributed by atoms with Crippen molar-refractivity contribution in [2.45, 2.75) is 24.9 Å². The van der Waals surface area contributed by atoms with Crippen LogP contribution in [0.3, 0.4) is 0 Å². The number of aromatic nitrogens is 4. The molecule has 1 amide bonds. The second kappa shape index (κ2) is 6.95. The SMILES string of the molecule is COc1ccccc1C1CC1NC(=O)Cn1nnc(-c2ccccc2)n1. The number of nitrogens with zero attached hydrogens (tertiary/aromatic N) is 4. The lowest BCUT2D eigenvalue weighted by Crippen LogP contribution is -2.31. The summed E-state index contributed by atoms with van der Waals surface area (Å²) in [6.07, 6.45) is 0.909. The van der Waals surface area contributed by atoms with E-state index in [1.54, 1.807) is 7.11 Å². The molecule has 7 nitrogen and oxygen atoms in total. The number of rotatable bonds is 6. The van der Waals surface area contributed by atoms with E-state index in [9.17, 15) is 4.79 Å². The monoisotopic (exact) mass is 349 g/mol. The van der Waals surface area contributed by atoms with Crippen molar-refractivity contribution in [3.63, 3.8) is 0 Å². The van der Waals surface area contributed by atoms with Crippen LogP contribution in [0.15, 0.2) is 54.6 Å². The van der Waals surface area contributed by atoms with Crippen molar-refractivity contribution in [2.75, 3.05) is 7.11 Å². The van der Waals surface area contributed by atoms with Crippen LogP contribution in [0.25, 0.3) is 11.4 Å². The molecule has 1 aromatic heterocycles. The van der Waals surface area contributed by atoms with Crippen LogP contribution in [0.1, 0.15) is 17.9 Å². The van der Waals surface area contributed by atoms with Crippen LogP contribution >= 0.6 is 0 Å². The van der Waals surface area contributed by atoms with Gasteiger partial charge in [-0.25, -0.2) is 0 Å². The molecular weight excluding hydrogens is 330 g/mol. The summed E-state index contributed by atoms with van der Waals surface area (Å²) in [5, 5.41) is 15.3. The molecule has 2 unspecified atom stereocenters. The van der Waals surface area contributed by atoms with Crippen LogP contribution in [-0.2, 0) is 11.3 Å². The molecule has 7 heteroatoms. The summed E-state index contributed by atoms with van der Waals surface area (Å²) < 4.78 is 5.40. The maximum Gasteiger partial charge on any atom is 0.243 e. The van der Waals surface area contributed by atoms with E-state index in [1.807, 2.05) is 54.6 Å². The van der Waals surface area contributed by atoms with E-state index in [0.29, 0.717) is 11.7 Å². The first-order valence-corrected chi connectivity index (χ1v) is 8.50. The van der Waals surface area contributed by atoms with E-state index in [0.717, 1.165) is 23.3 Å². The lowest BCUT2D eigenvalue weighted by atomic mass is 10.1. The zero-order valence-corrected chi connectivity index (χ0v) is 14.4. The molecule has 3 aromatic rings. The number of para-hydroxylation sites is 1. The minimum absolute atomic E-state index is 0.0506. The standard InChI is InChI=1S/C19H19N5O2/c1-26-17-10-6-5-9-14(17)15-11-16(15)20-18(25)12-24-22-19(21-23-24)13-7-3-2-4-8-13/h2-10,15-16H,11-12H2,1H3,(H,20,25). The molecule has 1 fully saturated rings. The molecule has 1 aliphatic carbocycles. The average molecular weight is 349 g/mol. The molecular formula is C19H19N5O2. The number of ether oxygens (including phenoxy) is 1. The summed E-state index contributed by atoms with van der Waals surface area (Å²) >= 11 is 0. The molecule has 0 radical (unpaired) electrons. The van der Waals surface area contributed by atoms with E-state index in [2.05, 4.69) is 20.7 Å². The highest BCUT2D eigenvalue weighted by Gasteiger charge is 2.41. The van der Waals surface area contributed by atoms with Gasteiger partial charge in [-0.3, -0.25) is 4.79 Å². The highest BCUT2D eigenvalue weighted by Crippen LogP contribution is 2.44. The number of carbonyl (C=O) groups excluding carboxylic acids is 1. The second-order valence-electron chi connectivity index (χ2n) is 6.27. The molecule has 0 spiro atoms. The van der Waals surface area contributed by atoms with E-state index >= 15 is 0 Å². The van der Waals surface area contributed by atoms with Gasteiger partial charge in [0, 0.05) is 17.5 Å². The summed E-state index contributed by atoms with van der Waals surface area (Å²) in [4.78, 5) is 13.6. The molecule has 132 valence electrons. The Hall–Kier alpha value is -3.22. The maximum atomic E-state index is 12.3. The molecule has 1 aliphatic rings. The zero-order chi connectivity index (χ0) is 17.9. The fourth-order valence-corrected chi connectivity index (χ4v) is 3.06. The molecule has 26 heavy (non-hydrogen) atoms. The summed E-state index contributed by atoms with van der Waals surface area (Å²) in [6, 6.07) is 17.6. The lowest BCUT2D eigenvalue weighted by molar-refractivity contribution is -0.122. The van der Waals surface area contributed by atoms with Gasteiger partial charge in [0.1, 0.15) is 12.3 Å². The molecule has 1 N–H and O–H groups in total. The van der Waals surface area contributed by atoms with Crippen molar-refractivity contribution in [1.82, 2.24) is 25.5 Å². The van der Waals surface area contributed by atoms with E-state index in [4.69, 9.17) is 4.74 Å². The highest BCUT2D eigenvalue weighted by molar-refractivity contribution is 5.76. The molecule has 0 bridgehead atoms. The number of tetrazole rings is 1. The first-order chi connectivity index (χ1) is 12.7. The summed E-state index contributed by atoms with van der Waals surface area (Å²) in [5.41, 5.74) is 2.00. The molecule has 2 atom stereocenters. The maximum absolute atomic E-state index is 12.3. The lowest BCUT2D eigenvalue weighted by Gasteiger charge is -2.08. The van der Waals surface area contributed by atoms with Gasteiger partial charge in [0.15, 0.2) is 0 Å². The Labute approximate surface area is 151 Å². The second-order valence-corrected chi connectivity index (χ2v) is 6.27. The summed E-state index contributed by atoms with van der Waals surface area (Å²) in [6.45, 7) is 0.0506. The van der Waals surface area contributed by atoms with Crippen LogP contribution in [0, 0.1) is 0 Å². The van der Waals surface area contributed by atoms with Crippen molar-refractivity contribution in [3.8, 4) is 17.1 Å². The number of nitrogens with one attached hydrogen (secondary N) is 1. The Balaban J connectivity index is 1.35. The van der Waals surface area contributed by atoms with Crippen molar-refractivity contribution in [3.05, 3.63) is 60.2 Å².